The third-order valence-corrected chi connectivity index (χ3v) is 2.65. The van der Waals surface area contributed by atoms with Gasteiger partial charge in [0.1, 0.15) is 11.6 Å². The predicted octanol–water partition coefficient (Wildman–Crippen LogP) is 3.41. The number of nitrogens with zero attached hydrogens (tertiary/aromatic N) is 1. The molecule has 0 aliphatic carbocycles. The van der Waals surface area contributed by atoms with E-state index in [1.54, 1.807) is 18.2 Å². The number of benzene rings is 1. The first-order valence-corrected chi connectivity index (χ1v) is 5.74. The molecule has 5 heteroatoms. The minimum Gasteiger partial charge on any atom is -0.369 e. The molecule has 0 spiro atoms. The SMILES string of the molecule is CCNc1cc(-c2cc(Br)ccc2F)[nH]n1. The molecule has 2 aromatic rings. The molecule has 0 unspecified atom stereocenters. The van der Waals surface area contributed by atoms with Crippen molar-refractivity contribution in [2.75, 3.05) is 11.9 Å². The van der Waals surface area contributed by atoms with Gasteiger partial charge in [-0.1, -0.05) is 15.9 Å². The summed E-state index contributed by atoms with van der Waals surface area (Å²) in [4.78, 5) is 0. The lowest BCUT2D eigenvalue weighted by molar-refractivity contribution is 0.630. The van der Waals surface area contributed by atoms with E-state index >= 15 is 0 Å². The van der Waals surface area contributed by atoms with E-state index in [0.717, 1.165) is 16.8 Å². The summed E-state index contributed by atoms with van der Waals surface area (Å²) in [6.45, 7) is 2.76. The number of rotatable bonds is 3. The molecule has 0 atom stereocenters. The molecule has 0 radical (unpaired) electrons. The van der Waals surface area contributed by atoms with Crippen molar-refractivity contribution in [1.82, 2.24) is 10.2 Å². The van der Waals surface area contributed by atoms with E-state index < -0.39 is 0 Å². The number of hydrogen-bond acceptors (Lipinski definition) is 2. The first-order valence-electron chi connectivity index (χ1n) is 4.95. The lowest BCUT2D eigenvalue weighted by atomic mass is 10.1. The number of anilines is 1. The van der Waals surface area contributed by atoms with Crippen LogP contribution < -0.4 is 5.32 Å². The van der Waals surface area contributed by atoms with E-state index in [0.29, 0.717) is 11.3 Å². The Hall–Kier alpha value is -1.36. The molecule has 0 fully saturated rings. The number of halogens is 2. The summed E-state index contributed by atoms with van der Waals surface area (Å²) >= 11 is 3.31. The summed E-state index contributed by atoms with van der Waals surface area (Å²) in [5.74, 6) is 0.451. The lowest BCUT2D eigenvalue weighted by Crippen LogP contribution is -1.95. The molecule has 0 bridgehead atoms. The molecule has 0 saturated heterocycles. The van der Waals surface area contributed by atoms with Crippen LogP contribution in [0.1, 0.15) is 6.92 Å². The van der Waals surface area contributed by atoms with Gasteiger partial charge in [0.25, 0.3) is 0 Å². The van der Waals surface area contributed by atoms with Crippen LogP contribution in [0.25, 0.3) is 11.3 Å². The largest absolute Gasteiger partial charge is 0.369 e. The standard InChI is InChI=1S/C11H11BrFN3/c1-2-14-11-6-10(15-16-11)8-5-7(12)3-4-9(8)13/h3-6H,2H2,1H3,(H2,14,15,16). The van der Waals surface area contributed by atoms with Crippen molar-refractivity contribution < 1.29 is 4.39 Å². The quantitative estimate of drug-likeness (QED) is 0.906. The normalized spacial score (nSPS) is 10.4. The maximum absolute atomic E-state index is 13.6. The van der Waals surface area contributed by atoms with Gasteiger partial charge in [-0.3, -0.25) is 5.10 Å². The fourth-order valence-corrected chi connectivity index (χ4v) is 1.80. The molecule has 0 aliphatic rings. The zero-order valence-corrected chi connectivity index (χ0v) is 10.3. The van der Waals surface area contributed by atoms with Crippen molar-refractivity contribution in [2.45, 2.75) is 6.92 Å². The molecule has 2 rings (SSSR count). The summed E-state index contributed by atoms with van der Waals surface area (Å²) in [6, 6.07) is 6.60. The van der Waals surface area contributed by atoms with Crippen molar-refractivity contribution >= 4 is 21.7 Å². The van der Waals surface area contributed by atoms with Crippen LogP contribution in [0.5, 0.6) is 0 Å². The first-order chi connectivity index (χ1) is 7.70. The van der Waals surface area contributed by atoms with Gasteiger partial charge in [-0.2, -0.15) is 5.10 Å². The number of aromatic nitrogens is 2. The number of hydrogen-bond donors (Lipinski definition) is 2. The van der Waals surface area contributed by atoms with Gasteiger partial charge in [-0.25, -0.2) is 4.39 Å². The molecule has 0 saturated carbocycles. The molecule has 1 aromatic carbocycles. The van der Waals surface area contributed by atoms with E-state index in [-0.39, 0.29) is 5.82 Å². The van der Waals surface area contributed by atoms with Gasteiger partial charge < -0.3 is 5.32 Å². The summed E-state index contributed by atoms with van der Waals surface area (Å²) in [6.07, 6.45) is 0. The lowest BCUT2D eigenvalue weighted by Gasteiger charge is -2.00. The highest BCUT2D eigenvalue weighted by molar-refractivity contribution is 9.10. The number of nitrogens with one attached hydrogen (secondary N) is 2. The topological polar surface area (TPSA) is 40.7 Å². The first kappa shape index (κ1) is 11.1. The summed E-state index contributed by atoms with van der Waals surface area (Å²) in [5, 5.41) is 9.89. The van der Waals surface area contributed by atoms with Crippen LogP contribution in [-0.4, -0.2) is 16.7 Å². The monoisotopic (exact) mass is 283 g/mol. The van der Waals surface area contributed by atoms with Crippen LogP contribution in [0.3, 0.4) is 0 Å². The average Bonchev–Trinajstić information content (AvgIpc) is 2.71. The summed E-state index contributed by atoms with van der Waals surface area (Å²) in [7, 11) is 0. The fourth-order valence-electron chi connectivity index (χ4n) is 1.44. The Kier molecular flexibility index (Phi) is 3.24. The highest BCUT2D eigenvalue weighted by atomic mass is 79.9. The Morgan fingerprint density at radius 1 is 1.44 bits per heavy atom. The van der Waals surface area contributed by atoms with Crippen molar-refractivity contribution in [2.24, 2.45) is 0 Å². The molecule has 84 valence electrons. The van der Waals surface area contributed by atoms with Gasteiger partial charge in [0.15, 0.2) is 0 Å². The summed E-state index contributed by atoms with van der Waals surface area (Å²) < 4.78 is 14.4. The second-order valence-corrected chi connectivity index (χ2v) is 4.24. The zero-order chi connectivity index (χ0) is 11.5. The number of aromatic amines is 1. The van der Waals surface area contributed by atoms with Gasteiger partial charge in [0, 0.05) is 22.6 Å². The maximum Gasteiger partial charge on any atom is 0.148 e. The average molecular weight is 284 g/mol. The van der Waals surface area contributed by atoms with Crippen LogP contribution in [0, 0.1) is 5.82 Å². The minimum absolute atomic E-state index is 0.269. The van der Waals surface area contributed by atoms with Crippen LogP contribution >= 0.6 is 15.9 Å². The molecule has 1 heterocycles. The Morgan fingerprint density at radius 2 is 2.25 bits per heavy atom. The summed E-state index contributed by atoms with van der Waals surface area (Å²) in [5.41, 5.74) is 1.17. The second-order valence-electron chi connectivity index (χ2n) is 3.32. The van der Waals surface area contributed by atoms with Gasteiger partial charge >= 0.3 is 0 Å². The van der Waals surface area contributed by atoms with Gasteiger partial charge in [0.05, 0.1) is 5.69 Å². The molecule has 16 heavy (non-hydrogen) atoms. The Balaban J connectivity index is 2.38. The van der Waals surface area contributed by atoms with Crippen LogP contribution in [0.4, 0.5) is 10.2 Å². The highest BCUT2D eigenvalue weighted by Gasteiger charge is 2.08. The van der Waals surface area contributed by atoms with E-state index in [1.807, 2.05) is 6.92 Å². The fraction of sp³-hybridized carbons (Fsp3) is 0.182. The molecule has 2 N–H and O–H groups in total. The van der Waals surface area contributed by atoms with E-state index in [9.17, 15) is 4.39 Å². The van der Waals surface area contributed by atoms with Crippen molar-refractivity contribution in [3.8, 4) is 11.3 Å². The zero-order valence-electron chi connectivity index (χ0n) is 8.72. The van der Waals surface area contributed by atoms with Crippen molar-refractivity contribution in [3.05, 3.63) is 34.6 Å². The Morgan fingerprint density at radius 3 is 3.00 bits per heavy atom. The van der Waals surface area contributed by atoms with Crippen LogP contribution in [-0.2, 0) is 0 Å². The third kappa shape index (κ3) is 2.24. The van der Waals surface area contributed by atoms with Crippen LogP contribution in [0.15, 0.2) is 28.7 Å². The van der Waals surface area contributed by atoms with Crippen molar-refractivity contribution in [1.29, 1.82) is 0 Å². The predicted molar refractivity (Wildman–Crippen MR) is 65.8 cm³/mol. The second kappa shape index (κ2) is 4.65. The number of H-pyrrole nitrogens is 1. The molecule has 0 amide bonds. The van der Waals surface area contributed by atoms with E-state index in [1.165, 1.54) is 6.07 Å². The minimum atomic E-state index is -0.269. The molecule has 3 nitrogen and oxygen atoms in total. The van der Waals surface area contributed by atoms with Crippen molar-refractivity contribution in [3.63, 3.8) is 0 Å². The molecule has 1 aromatic heterocycles. The van der Waals surface area contributed by atoms with Gasteiger partial charge in [-0.15, -0.1) is 0 Å². The molecular weight excluding hydrogens is 273 g/mol. The third-order valence-electron chi connectivity index (χ3n) is 2.15. The molecule has 0 aliphatic heterocycles. The highest BCUT2D eigenvalue weighted by Crippen LogP contribution is 2.26. The molecular formula is C11H11BrFN3. The van der Waals surface area contributed by atoms with E-state index in [4.69, 9.17) is 0 Å². The smallest absolute Gasteiger partial charge is 0.148 e. The van der Waals surface area contributed by atoms with E-state index in [2.05, 4.69) is 31.4 Å². The van der Waals surface area contributed by atoms with Gasteiger partial charge in [-0.05, 0) is 25.1 Å². The van der Waals surface area contributed by atoms with Gasteiger partial charge in [0.2, 0.25) is 0 Å². The maximum atomic E-state index is 13.6. The Labute approximate surface area is 101 Å². The van der Waals surface area contributed by atoms with Crippen LogP contribution in [0.2, 0.25) is 0 Å². The Bertz CT molecular complexity index is 496.